The molecule has 1 saturated carbocycles. The molecule has 4 aromatic rings. The van der Waals surface area contributed by atoms with Crippen molar-refractivity contribution in [3.8, 4) is 0 Å². The molecule has 1 aliphatic rings. The van der Waals surface area contributed by atoms with E-state index in [1.807, 2.05) is 12.1 Å². The minimum absolute atomic E-state index is 0.00100. The molecule has 0 aliphatic heterocycles. The van der Waals surface area contributed by atoms with Crippen LogP contribution in [0.15, 0.2) is 48.9 Å². The molecule has 10 heteroatoms. The first-order chi connectivity index (χ1) is 15.4. The molecule has 166 valence electrons. The molecule has 1 aromatic carbocycles. The number of pyridine rings is 1. The van der Waals surface area contributed by atoms with Crippen LogP contribution in [0.1, 0.15) is 31.4 Å². The molecule has 1 fully saturated rings. The number of imidazole rings is 1. The highest BCUT2D eigenvalue weighted by Crippen LogP contribution is 2.35. The van der Waals surface area contributed by atoms with Gasteiger partial charge in [0.1, 0.15) is 17.5 Å². The fourth-order valence-electron chi connectivity index (χ4n) is 4.28. The Balaban J connectivity index is 1.39. The van der Waals surface area contributed by atoms with Crippen LogP contribution in [0.5, 0.6) is 0 Å². The van der Waals surface area contributed by atoms with E-state index in [0.717, 1.165) is 43.1 Å². The molecular formula is C22H20ClF3N6. The highest BCUT2D eigenvalue weighted by atomic mass is 35.5. The highest BCUT2D eigenvalue weighted by Gasteiger charge is 2.34. The number of rotatable bonds is 4. The van der Waals surface area contributed by atoms with Gasteiger partial charge in [0.25, 0.3) is 0 Å². The smallest absolute Gasteiger partial charge is 0.382 e. The van der Waals surface area contributed by atoms with Gasteiger partial charge in [0.05, 0.1) is 5.52 Å². The Kier molecular flexibility index (Phi) is 5.28. The van der Waals surface area contributed by atoms with Crippen LogP contribution in [0.4, 0.5) is 24.7 Å². The van der Waals surface area contributed by atoms with E-state index in [2.05, 4.69) is 25.7 Å². The summed E-state index contributed by atoms with van der Waals surface area (Å²) in [4.78, 5) is 8.19. The largest absolute Gasteiger partial charge is 0.433 e. The van der Waals surface area contributed by atoms with Gasteiger partial charge in [-0.3, -0.25) is 0 Å². The second kappa shape index (κ2) is 8.12. The van der Waals surface area contributed by atoms with Gasteiger partial charge in [-0.15, -0.1) is 0 Å². The van der Waals surface area contributed by atoms with Crippen molar-refractivity contribution in [3.63, 3.8) is 0 Å². The summed E-state index contributed by atoms with van der Waals surface area (Å²) in [6, 6.07) is 9.71. The van der Waals surface area contributed by atoms with Crippen LogP contribution in [0.25, 0.3) is 16.4 Å². The first-order valence-electron chi connectivity index (χ1n) is 10.4. The van der Waals surface area contributed by atoms with Crippen molar-refractivity contribution in [3.05, 3.63) is 59.6 Å². The molecule has 5 rings (SSSR count). The summed E-state index contributed by atoms with van der Waals surface area (Å²) >= 11 is 6.11. The van der Waals surface area contributed by atoms with Gasteiger partial charge in [0.2, 0.25) is 0 Å². The average molecular weight is 461 g/mol. The molecule has 2 N–H and O–H groups in total. The maximum atomic E-state index is 13.4. The molecule has 0 unspecified atom stereocenters. The summed E-state index contributed by atoms with van der Waals surface area (Å²) in [5.41, 5.74) is 0.616. The van der Waals surface area contributed by atoms with E-state index in [1.54, 1.807) is 29.2 Å². The van der Waals surface area contributed by atoms with E-state index < -0.39 is 11.9 Å². The molecule has 32 heavy (non-hydrogen) atoms. The van der Waals surface area contributed by atoms with Gasteiger partial charge < -0.3 is 10.6 Å². The topological polar surface area (TPSA) is 67.1 Å². The van der Waals surface area contributed by atoms with Crippen molar-refractivity contribution in [1.29, 1.82) is 0 Å². The lowest BCUT2D eigenvalue weighted by Crippen LogP contribution is -2.34. The molecule has 0 amide bonds. The summed E-state index contributed by atoms with van der Waals surface area (Å²) in [5.74, 6) is 0.754. The quantitative estimate of drug-likeness (QED) is 0.404. The van der Waals surface area contributed by atoms with E-state index in [9.17, 15) is 13.2 Å². The number of benzene rings is 1. The third-order valence-corrected chi connectivity index (χ3v) is 5.99. The van der Waals surface area contributed by atoms with Crippen molar-refractivity contribution >= 4 is 39.5 Å². The number of nitrogens with one attached hydrogen (secondary N) is 2. The van der Waals surface area contributed by atoms with Crippen molar-refractivity contribution in [2.75, 3.05) is 10.6 Å². The van der Waals surface area contributed by atoms with Gasteiger partial charge in [0.15, 0.2) is 5.82 Å². The number of hydrogen-bond donors (Lipinski definition) is 2. The predicted molar refractivity (Wildman–Crippen MR) is 118 cm³/mol. The summed E-state index contributed by atoms with van der Waals surface area (Å²) in [7, 11) is 0. The van der Waals surface area contributed by atoms with E-state index in [-0.39, 0.29) is 17.6 Å². The molecule has 2 atom stereocenters. The lowest BCUT2D eigenvalue weighted by atomic mass is 9.90. The standard InChI is InChI=1S/C22H20ClF3N6/c23-13-6-7-17-16(9-13)18(11-20(31-17)22(24,25)26)29-14-3-1-4-15(10-14)30-21-19-5-2-8-28-32(19)12-27-21/h2,5-9,11-12,14-15,30H,1,3-4,10H2,(H,29,31)/t14-,15+/m0/s1. The fourth-order valence-corrected chi connectivity index (χ4v) is 4.45. The molecule has 0 spiro atoms. The molecule has 3 heterocycles. The number of nitrogens with zero attached hydrogens (tertiary/aromatic N) is 4. The van der Waals surface area contributed by atoms with Gasteiger partial charge in [-0.2, -0.15) is 18.3 Å². The van der Waals surface area contributed by atoms with Crippen molar-refractivity contribution in [2.45, 2.75) is 43.9 Å². The minimum Gasteiger partial charge on any atom is -0.382 e. The summed E-state index contributed by atoms with van der Waals surface area (Å²) in [6.07, 6.45) is 2.31. The number of anilines is 2. The monoisotopic (exact) mass is 460 g/mol. The zero-order chi connectivity index (χ0) is 22.3. The summed E-state index contributed by atoms with van der Waals surface area (Å²) in [5, 5.41) is 12.1. The van der Waals surface area contributed by atoms with Crippen LogP contribution in [-0.4, -0.2) is 31.7 Å². The minimum atomic E-state index is -4.53. The average Bonchev–Trinajstić information content (AvgIpc) is 3.16. The third-order valence-electron chi connectivity index (χ3n) is 5.75. The summed E-state index contributed by atoms with van der Waals surface area (Å²) < 4.78 is 41.9. The van der Waals surface area contributed by atoms with Gasteiger partial charge in [0, 0.05) is 34.4 Å². The number of alkyl halides is 3. The Morgan fingerprint density at radius 3 is 2.69 bits per heavy atom. The lowest BCUT2D eigenvalue weighted by molar-refractivity contribution is -0.140. The van der Waals surface area contributed by atoms with Crippen LogP contribution in [0, 0.1) is 0 Å². The molecule has 1 aliphatic carbocycles. The number of halogens is 4. The summed E-state index contributed by atoms with van der Waals surface area (Å²) in [6.45, 7) is 0. The maximum absolute atomic E-state index is 13.4. The zero-order valence-corrected chi connectivity index (χ0v) is 17.7. The maximum Gasteiger partial charge on any atom is 0.433 e. The van der Waals surface area contributed by atoms with Gasteiger partial charge in [-0.1, -0.05) is 11.6 Å². The molecule has 0 saturated heterocycles. The normalized spacial score (nSPS) is 19.4. The van der Waals surface area contributed by atoms with E-state index in [1.165, 1.54) is 6.07 Å². The Morgan fingerprint density at radius 1 is 1.06 bits per heavy atom. The van der Waals surface area contributed by atoms with E-state index in [0.29, 0.717) is 16.1 Å². The van der Waals surface area contributed by atoms with Crippen LogP contribution < -0.4 is 10.6 Å². The first-order valence-corrected chi connectivity index (χ1v) is 10.7. The van der Waals surface area contributed by atoms with Crippen LogP contribution >= 0.6 is 11.6 Å². The molecular weight excluding hydrogens is 441 g/mol. The number of aromatic nitrogens is 4. The Hall–Kier alpha value is -3.07. The highest BCUT2D eigenvalue weighted by molar-refractivity contribution is 6.31. The molecule has 0 radical (unpaired) electrons. The lowest BCUT2D eigenvalue weighted by Gasteiger charge is -2.31. The van der Waals surface area contributed by atoms with Gasteiger partial charge in [-0.05, 0) is 62.1 Å². The Bertz CT molecular complexity index is 1270. The van der Waals surface area contributed by atoms with Gasteiger partial charge in [-0.25, -0.2) is 14.5 Å². The van der Waals surface area contributed by atoms with Crippen LogP contribution in [-0.2, 0) is 6.18 Å². The predicted octanol–water partition coefficient (Wildman–Crippen LogP) is 5.78. The second-order valence-electron chi connectivity index (χ2n) is 8.01. The Morgan fingerprint density at radius 2 is 1.88 bits per heavy atom. The number of hydrogen-bond acceptors (Lipinski definition) is 5. The first kappa shape index (κ1) is 20.8. The fraction of sp³-hybridized carbons (Fsp3) is 0.318. The van der Waals surface area contributed by atoms with Gasteiger partial charge >= 0.3 is 6.18 Å². The molecule has 0 bridgehead atoms. The van der Waals surface area contributed by atoms with E-state index in [4.69, 9.17) is 11.6 Å². The third kappa shape index (κ3) is 4.17. The molecule has 3 aromatic heterocycles. The van der Waals surface area contributed by atoms with Crippen molar-refractivity contribution < 1.29 is 13.2 Å². The number of fused-ring (bicyclic) bond motifs is 2. The van der Waals surface area contributed by atoms with Crippen LogP contribution in [0.3, 0.4) is 0 Å². The van der Waals surface area contributed by atoms with Crippen molar-refractivity contribution in [1.82, 2.24) is 19.6 Å². The zero-order valence-electron chi connectivity index (χ0n) is 16.9. The van der Waals surface area contributed by atoms with Crippen molar-refractivity contribution in [2.24, 2.45) is 0 Å². The van der Waals surface area contributed by atoms with E-state index >= 15 is 0 Å². The SMILES string of the molecule is FC(F)(F)c1cc(N[C@H]2CCC[C@@H](Nc3ncn4ncccc34)C2)c2cc(Cl)ccc2n1. The van der Waals surface area contributed by atoms with Crippen LogP contribution in [0.2, 0.25) is 5.02 Å². The molecule has 6 nitrogen and oxygen atoms in total. The second-order valence-corrected chi connectivity index (χ2v) is 8.45. The Labute approximate surface area is 186 Å².